The van der Waals surface area contributed by atoms with Crippen LogP contribution in [0.4, 0.5) is 5.13 Å². The van der Waals surface area contributed by atoms with Crippen molar-refractivity contribution in [3.8, 4) is 17.0 Å². The molecule has 0 spiro atoms. The molecule has 1 heterocycles. The first-order chi connectivity index (χ1) is 13.6. The Morgan fingerprint density at radius 3 is 2.68 bits per heavy atom. The van der Waals surface area contributed by atoms with Gasteiger partial charge < -0.3 is 4.74 Å². The van der Waals surface area contributed by atoms with Crippen LogP contribution in [-0.2, 0) is 17.6 Å². The lowest BCUT2D eigenvalue weighted by molar-refractivity contribution is -0.118. The van der Waals surface area contributed by atoms with Crippen LogP contribution < -0.4 is 10.1 Å². The van der Waals surface area contributed by atoms with E-state index in [2.05, 4.69) is 22.4 Å². The molecule has 0 saturated carbocycles. The van der Waals surface area contributed by atoms with Gasteiger partial charge in [0.2, 0.25) is 0 Å². The predicted molar refractivity (Wildman–Crippen MR) is 110 cm³/mol. The molecular weight excluding hydrogens is 372 g/mol. The molecular formula is C22H20N2O3S. The monoisotopic (exact) mass is 392 g/mol. The molecule has 0 saturated heterocycles. The van der Waals surface area contributed by atoms with Gasteiger partial charge in [-0.1, -0.05) is 31.2 Å². The van der Waals surface area contributed by atoms with E-state index in [1.54, 1.807) is 24.3 Å². The van der Waals surface area contributed by atoms with Crippen molar-refractivity contribution < 1.29 is 14.3 Å². The summed E-state index contributed by atoms with van der Waals surface area (Å²) in [5.41, 5.74) is 4.07. The molecule has 0 atom stereocenters. The van der Waals surface area contributed by atoms with Gasteiger partial charge in [0.25, 0.3) is 5.91 Å². The minimum Gasteiger partial charge on any atom is -0.484 e. The zero-order valence-electron chi connectivity index (χ0n) is 15.5. The number of hydrogen-bond donors (Lipinski definition) is 1. The van der Waals surface area contributed by atoms with E-state index < -0.39 is 0 Å². The number of benzene rings is 2. The van der Waals surface area contributed by atoms with Gasteiger partial charge in [-0.3, -0.25) is 14.9 Å². The molecule has 4 rings (SSSR count). The third-order valence-corrected chi connectivity index (χ3v) is 5.74. The van der Waals surface area contributed by atoms with Gasteiger partial charge in [-0.25, -0.2) is 4.98 Å². The van der Waals surface area contributed by atoms with Crippen molar-refractivity contribution in [2.75, 3.05) is 11.9 Å². The normalized spacial score (nSPS) is 12.0. The molecule has 1 aromatic heterocycles. The number of carbonyl (C=O) groups excluding carboxylic acids is 2. The van der Waals surface area contributed by atoms with Gasteiger partial charge in [0.05, 0.1) is 5.69 Å². The van der Waals surface area contributed by atoms with E-state index in [1.165, 1.54) is 21.8 Å². The Hall–Kier alpha value is -2.99. The number of ketones is 1. The highest BCUT2D eigenvalue weighted by Gasteiger charge is 2.21. The number of amides is 1. The number of nitrogens with one attached hydrogen (secondary N) is 1. The third-order valence-electron chi connectivity index (χ3n) is 4.70. The lowest BCUT2D eigenvalue weighted by atomic mass is 9.94. The molecule has 1 amide bonds. The lowest BCUT2D eigenvalue weighted by Gasteiger charge is -2.13. The number of rotatable bonds is 6. The van der Waals surface area contributed by atoms with Gasteiger partial charge in [0.15, 0.2) is 17.5 Å². The van der Waals surface area contributed by atoms with Crippen LogP contribution in [0.25, 0.3) is 11.3 Å². The molecule has 1 N–H and O–H groups in total. The van der Waals surface area contributed by atoms with Crippen LogP contribution in [0.3, 0.4) is 0 Å². The Morgan fingerprint density at radius 2 is 1.89 bits per heavy atom. The maximum Gasteiger partial charge on any atom is 0.264 e. The highest BCUT2D eigenvalue weighted by Crippen LogP contribution is 2.37. The highest BCUT2D eigenvalue weighted by atomic mass is 32.1. The summed E-state index contributed by atoms with van der Waals surface area (Å²) in [5.74, 6) is 0.377. The maximum absolute atomic E-state index is 12.2. The fraction of sp³-hybridized carbons (Fsp3) is 0.227. The summed E-state index contributed by atoms with van der Waals surface area (Å²) in [7, 11) is 0. The molecule has 2 aromatic carbocycles. The minimum absolute atomic E-state index is 0.0820. The Balaban J connectivity index is 1.38. The molecule has 6 heteroatoms. The zero-order valence-corrected chi connectivity index (χ0v) is 16.3. The van der Waals surface area contributed by atoms with Gasteiger partial charge in [0, 0.05) is 22.4 Å². The number of nitrogens with zero attached hydrogens (tertiary/aromatic N) is 1. The maximum atomic E-state index is 12.2. The number of hydrogen-bond acceptors (Lipinski definition) is 5. The Labute approximate surface area is 167 Å². The lowest BCUT2D eigenvalue weighted by Crippen LogP contribution is -2.20. The first-order valence-corrected chi connectivity index (χ1v) is 10.1. The standard InChI is InChI=1S/C22H20N2O3S/c1-2-18(25)15-7-10-16(11-8-15)27-13-20(26)23-22-24-21-17-6-4-3-5-14(17)9-12-19(21)28-22/h3-8,10-11H,2,9,12-13H2,1H3,(H,23,24,26). The molecule has 0 radical (unpaired) electrons. The van der Waals surface area contributed by atoms with E-state index in [4.69, 9.17) is 4.74 Å². The van der Waals surface area contributed by atoms with Crippen LogP contribution in [0.1, 0.15) is 34.1 Å². The van der Waals surface area contributed by atoms with Crippen molar-refractivity contribution in [1.29, 1.82) is 0 Å². The quantitative estimate of drug-likeness (QED) is 0.626. The zero-order chi connectivity index (χ0) is 19.5. The first kappa shape index (κ1) is 18.4. The van der Waals surface area contributed by atoms with Gasteiger partial charge >= 0.3 is 0 Å². The van der Waals surface area contributed by atoms with E-state index >= 15 is 0 Å². The van der Waals surface area contributed by atoms with Crippen LogP contribution in [0.2, 0.25) is 0 Å². The second-order valence-corrected chi connectivity index (χ2v) is 7.67. The van der Waals surface area contributed by atoms with Crippen molar-refractivity contribution >= 4 is 28.2 Å². The summed E-state index contributed by atoms with van der Waals surface area (Å²) in [6.07, 6.45) is 2.41. The van der Waals surface area contributed by atoms with Crippen molar-refractivity contribution in [2.45, 2.75) is 26.2 Å². The largest absolute Gasteiger partial charge is 0.484 e. The average Bonchev–Trinajstić information content (AvgIpc) is 3.15. The Kier molecular flexibility index (Phi) is 5.21. The highest BCUT2D eigenvalue weighted by molar-refractivity contribution is 7.16. The van der Waals surface area contributed by atoms with E-state index in [1.807, 2.05) is 19.1 Å². The van der Waals surface area contributed by atoms with Crippen molar-refractivity contribution in [1.82, 2.24) is 4.98 Å². The van der Waals surface area contributed by atoms with E-state index in [9.17, 15) is 9.59 Å². The van der Waals surface area contributed by atoms with Crippen LogP contribution in [0, 0.1) is 0 Å². The predicted octanol–water partition coefficient (Wildman–Crippen LogP) is 4.52. The van der Waals surface area contributed by atoms with Gasteiger partial charge in [-0.05, 0) is 42.7 Å². The summed E-state index contributed by atoms with van der Waals surface area (Å²) in [5, 5.41) is 3.42. The number of anilines is 1. The third kappa shape index (κ3) is 3.82. The molecule has 0 bridgehead atoms. The second kappa shape index (κ2) is 7.94. The molecule has 0 fully saturated rings. The van der Waals surface area contributed by atoms with E-state index in [0.29, 0.717) is 22.9 Å². The SMILES string of the molecule is CCC(=O)c1ccc(OCC(=O)Nc2nc3c(s2)CCc2ccccc2-3)cc1. The molecule has 142 valence electrons. The van der Waals surface area contributed by atoms with E-state index in [-0.39, 0.29) is 18.3 Å². The molecule has 0 aliphatic heterocycles. The summed E-state index contributed by atoms with van der Waals surface area (Å²) in [6.45, 7) is 1.72. The molecule has 1 aliphatic carbocycles. The summed E-state index contributed by atoms with van der Waals surface area (Å²) >= 11 is 1.52. The van der Waals surface area contributed by atoms with Crippen molar-refractivity contribution in [3.63, 3.8) is 0 Å². The van der Waals surface area contributed by atoms with Gasteiger partial charge in [-0.2, -0.15) is 0 Å². The number of aromatic nitrogens is 1. The molecule has 0 unspecified atom stereocenters. The first-order valence-electron chi connectivity index (χ1n) is 9.28. The molecule has 28 heavy (non-hydrogen) atoms. The Bertz CT molecular complexity index is 1020. The number of fused-ring (bicyclic) bond motifs is 3. The molecule has 5 nitrogen and oxygen atoms in total. The number of ether oxygens (including phenoxy) is 1. The number of aryl methyl sites for hydroxylation is 2. The summed E-state index contributed by atoms with van der Waals surface area (Å²) in [4.78, 5) is 29.7. The minimum atomic E-state index is -0.256. The van der Waals surface area contributed by atoms with Crippen LogP contribution in [0.5, 0.6) is 5.75 Å². The number of Topliss-reactive ketones (excluding diaryl/α,β-unsaturated/α-hetero) is 1. The fourth-order valence-corrected chi connectivity index (χ4v) is 4.24. The van der Waals surface area contributed by atoms with Gasteiger partial charge in [-0.15, -0.1) is 11.3 Å². The van der Waals surface area contributed by atoms with Crippen LogP contribution >= 0.6 is 11.3 Å². The second-order valence-electron chi connectivity index (χ2n) is 6.59. The average molecular weight is 392 g/mol. The topological polar surface area (TPSA) is 68.3 Å². The van der Waals surface area contributed by atoms with E-state index in [0.717, 1.165) is 24.1 Å². The van der Waals surface area contributed by atoms with Crippen LogP contribution in [0.15, 0.2) is 48.5 Å². The molecule has 1 aliphatic rings. The van der Waals surface area contributed by atoms with Gasteiger partial charge in [0.1, 0.15) is 5.75 Å². The number of carbonyl (C=O) groups is 2. The Morgan fingerprint density at radius 1 is 1.11 bits per heavy atom. The number of thiazole rings is 1. The summed E-state index contributed by atoms with van der Waals surface area (Å²) < 4.78 is 5.52. The van der Waals surface area contributed by atoms with Crippen molar-refractivity contribution in [3.05, 3.63) is 64.5 Å². The van der Waals surface area contributed by atoms with Crippen LogP contribution in [-0.4, -0.2) is 23.3 Å². The smallest absolute Gasteiger partial charge is 0.264 e. The van der Waals surface area contributed by atoms with Crippen molar-refractivity contribution in [2.24, 2.45) is 0 Å². The summed E-state index contributed by atoms with van der Waals surface area (Å²) in [6, 6.07) is 15.1. The molecule has 3 aromatic rings. The fourth-order valence-electron chi connectivity index (χ4n) is 3.25.